The Hall–Kier alpha value is -1.76. The van der Waals surface area contributed by atoms with Gasteiger partial charge >= 0.3 is 14.8 Å². The zero-order valence-electron chi connectivity index (χ0n) is 15.1. The molecule has 1 aromatic rings. The molecule has 0 fully saturated rings. The number of amides is 2. The Labute approximate surface area is 154 Å². The van der Waals surface area contributed by atoms with Gasteiger partial charge < -0.3 is 13.3 Å². The van der Waals surface area contributed by atoms with Crippen LogP contribution in [0, 0.1) is 17.5 Å². The maximum absolute atomic E-state index is 13.9. The van der Waals surface area contributed by atoms with Crippen LogP contribution in [-0.2, 0) is 13.3 Å². The van der Waals surface area contributed by atoms with Gasteiger partial charge in [-0.15, -0.1) is 5.12 Å². The molecule has 1 rings (SSSR count). The molecule has 0 heterocycles. The molecule has 6 nitrogen and oxygen atoms in total. The molecule has 0 aromatic heterocycles. The molecule has 0 N–H and O–H groups in total. The molecular formula is C15H21F5N2O4Si. The summed E-state index contributed by atoms with van der Waals surface area (Å²) in [5, 5.41) is -1.42. The van der Waals surface area contributed by atoms with Crippen LogP contribution < -0.4 is 5.12 Å². The van der Waals surface area contributed by atoms with Gasteiger partial charge in [0.1, 0.15) is 5.69 Å². The van der Waals surface area contributed by atoms with E-state index in [1.54, 1.807) is 6.92 Å². The molecule has 0 aliphatic rings. The molecule has 0 radical (unpaired) electrons. The van der Waals surface area contributed by atoms with E-state index >= 15 is 0 Å². The highest BCUT2D eigenvalue weighted by Crippen LogP contribution is 2.25. The van der Waals surface area contributed by atoms with Gasteiger partial charge in [0.25, 0.3) is 0 Å². The van der Waals surface area contributed by atoms with Gasteiger partial charge in [-0.25, -0.2) is 18.0 Å². The Morgan fingerprint density at radius 1 is 1.07 bits per heavy atom. The van der Waals surface area contributed by atoms with E-state index in [0.29, 0.717) is 31.2 Å². The Balaban J connectivity index is 2.61. The van der Waals surface area contributed by atoms with Crippen molar-refractivity contribution in [3.05, 3.63) is 29.6 Å². The lowest BCUT2D eigenvalue weighted by Gasteiger charge is -2.25. The normalized spacial score (nSPS) is 11.6. The second-order valence-corrected chi connectivity index (χ2v) is 8.30. The first-order chi connectivity index (χ1) is 12.7. The van der Waals surface area contributed by atoms with Gasteiger partial charge in [-0.2, -0.15) is 5.12 Å². The Morgan fingerprint density at radius 2 is 1.70 bits per heavy atom. The van der Waals surface area contributed by atoms with Crippen molar-refractivity contribution in [2.24, 2.45) is 0 Å². The van der Waals surface area contributed by atoms with E-state index in [-0.39, 0.29) is 6.42 Å². The number of nitrogens with zero attached hydrogens (tertiary/aromatic N) is 2. The monoisotopic (exact) mass is 416 g/mol. The van der Waals surface area contributed by atoms with Crippen LogP contribution in [0.3, 0.4) is 0 Å². The second-order valence-electron chi connectivity index (χ2n) is 5.33. The number of rotatable bonds is 10. The minimum Gasteiger partial charge on any atom is -0.377 e. The first-order valence-electron chi connectivity index (χ1n) is 8.04. The lowest BCUT2D eigenvalue weighted by Crippen LogP contribution is -2.43. The summed E-state index contributed by atoms with van der Waals surface area (Å²) in [5.41, 5.74) is -1.23. The zero-order chi connectivity index (χ0) is 20.6. The summed E-state index contributed by atoms with van der Waals surface area (Å²) >= 11 is 0. The molecule has 27 heavy (non-hydrogen) atoms. The number of carbonyl (C=O) groups excluding carboxylic acids is 1. The summed E-state index contributed by atoms with van der Waals surface area (Å²) in [6.07, 6.45) is 0.443. The molecule has 0 bridgehead atoms. The smallest absolute Gasteiger partial charge is 0.377 e. The quantitative estimate of drug-likeness (QED) is 0.189. The van der Waals surface area contributed by atoms with Gasteiger partial charge in [-0.3, -0.25) is 0 Å². The van der Waals surface area contributed by atoms with Crippen molar-refractivity contribution >= 4 is 20.5 Å². The van der Waals surface area contributed by atoms with E-state index in [1.165, 1.54) is 14.2 Å². The molecule has 154 valence electrons. The highest BCUT2D eigenvalue weighted by molar-refractivity contribution is 6.60. The third-order valence-electron chi connectivity index (χ3n) is 3.68. The Kier molecular flexibility index (Phi) is 9.09. The van der Waals surface area contributed by atoms with Crippen molar-refractivity contribution in [3.8, 4) is 0 Å². The third kappa shape index (κ3) is 5.86. The largest absolute Gasteiger partial charge is 0.500 e. The molecule has 1 aromatic carbocycles. The van der Waals surface area contributed by atoms with Crippen LogP contribution in [0.25, 0.3) is 0 Å². The van der Waals surface area contributed by atoms with E-state index in [4.69, 9.17) is 13.3 Å². The van der Waals surface area contributed by atoms with Crippen LogP contribution in [0.1, 0.15) is 19.8 Å². The van der Waals surface area contributed by atoms with Gasteiger partial charge in [0.2, 0.25) is 0 Å². The van der Waals surface area contributed by atoms with Crippen molar-refractivity contribution < 1.29 is 40.2 Å². The number of anilines is 1. The molecule has 0 unspecified atom stereocenters. The maximum Gasteiger partial charge on any atom is 0.500 e. The summed E-state index contributed by atoms with van der Waals surface area (Å²) < 4.78 is 83.1. The molecule has 2 amide bonds. The molecule has 0 saturated heterocycles. The molecule has 0 atom stereocenters. The fourth-order valence-electron chi connectivity index (χ4n) is 2.25. The van der Waals surface area contributed by atoms with E-state index in [9.17, 15) is 26.9 Å². The fraction of sp³-hybridized carbons (Fsp3) is 0.533. The number of hydrogen-bond donors (Lipinski definition) is 0. The third-order valence-corrected chi connectivity index (χ3v) is 6.61. The van der Waals surface area contributed by atoms with Gasteiger partial charge in [0, 0.05) is 26.9 Å². The van der Waals surface area contributed by atoms with Gasteiger partial charge in [0.05, 0.1) is 6.54 Å². The van der Waals surface area contributed by atoms with E-state index in [0.717, 1.165) is 0 Å². The second kappa shape index (κ2) is 10.5. The number of unbranched alkanes of at least 4 members (excludes halogenated alkanes) is 1. The zero-order valence-corrected chi connectivity index (χ0v) is 16.1. The van der Waals surface area contributed by atoms with Crippen LogP contribution in [0.15, 0.2) is 12.1 Å². The van der Waals surface area contributed by atoms with E-state index < -0.39 is 54.8 Å². The number of halogens is 5. The van der Waals surface area contributed by atoms with E-state index in [1.807, 2.05) is 0 Å². The lowest BCUT2D eigenvalue weighted by molar-refractivity contribution is 0.0609. The van der Waals surface area contributed by atoms with Gasteiger partial charge in [0.15, 0.2) is 17.5 Å². The van der Waals surface area contributed by atoms with Crippen molar-refractivity contribution in [2.75, 3.05) is 32.5 Å². The number of urea groups is 1. The molecule has 0 spiro atoms. The van der Waals surface area contributed by atoms with Crippen LogP contribution in [0.5, 0.6) is 0 Å². The van der Waals surface area contributed by atoms with Crippen molar-refractivity contribution in [2.45, 2.75) is 25.8 Å². The van der Waals surface area contributed by atoms with Crippen molar-refractivity contribution in [1.82, 2.24) is 5.12 Å². The maximum atomic E-state index is 13.9. The Morgan fingerprint density at radius 3 is 2.26 bits per heavy atom. The minimum absolute atomic E-state index is 0.102. The minimum atomic E-state index is -2.87. The predicted octanol–water partition coefficient (Wildman–Crippen LogP) is 4.15. The SMILES string of the molecule is CCO[Si](CCCCN(F)C(=O)N(F)c1ccc(F)c(F)c1F)(OC)OC. The molecule has 12 heteroatoms. The first kappa shape index (κ1) is 23.3. The summed E-state index contributed by atoms with van der Waals surface area (Å²) in [7, 11) is -0.0248. The lowest BCUT2D eigenvalue weighted by atomic mass is 10.3. The predicted molar refractivity (Wildman–Crippen MR) is 88.6 cm³/mol. The summed E-state index contributed by atoms with van der Waals surface area (Å²) in [6.45, 7) is 1.60. The van der Waals surface area contributed by atoms with Crippen LogP contribution in [0.4, 0.5) is 32.6 Å². The molecular weight excluding hydrogens is 395 g/mol. The van der Waals surface area contributed by atoms with Crippen molar-refractivity contribution in [3.63, 3.8) is 0 Å². The summed E-state index contributed by atoms with van der Waals surface area (Å²) in [5.74, 6) is -5.47. The molecule has 0 aliphatic carbocycles. The summed E-state index contributed by atoms with van der Waals surface area (Å²) in [4.78, 5) is 11.7. The van der Waals surface area contributed by atoms with Gasteiger partial charge in [-0.05, 0) is 31.9 Å². The topological polar surface area (TPSA) is 51.2 Å². The van der Waals surface area contributed by atoms with E-state index in [2.05, 4.69) is 0 Å². The standard InChI is InChI=1S/C15H21F5N2O4Si/c1-4-26-27(24-2,25-3)10-6-5-9-21(19)15(23)22(20)12-8-7-11(16)13(17)14(12)18/h7-8H,4-6,9-10H2,1-3H3. The van der Waals surface area contributed by atoms with Crippen LogP contribution in [0.2, 0.25) is 6.04 Å². The van der Waals surface area contributed by atoms with Crippen LogP contribution >= 0.6 is 0 Å². The average molecular weight is 416 g/mol. The average Bonchev–Trinajstić information content (AvgIpc) is 2.67. The molecule has 0 aliphatic heterocycles. The number of carbonyl (C=O) groups is 1. The first-order valence-corrected chi connectivity index (χ1v) is 9.97. The number of benzene rings is 1. The van der Waals surface area contributed by atoms with Gasteiger partial charge in [-0.1, -0.05) is 8.96 Å². The Bertz CT molecular complexity index is 636. The van der Waals surface area contributed by atoms with Crippen LogP contribution in [-0.4, -0.2) is 47.3 Å². The van der Waals surface area contributed by atoms with Crippen molar-refractivity contribution in [1.29, 1.82) is 0 Å². The highest BCUT2D eigenvalue weighted by Gasteiger charge is 2.38. The highest BCUT2D eigenvalue weighted by atomic mass is 28.4. The molecule has 0 saturated carbocycles. The number of hydrogen-bond acceptors (Lipinski definition) is 4. The summed E-state index contributed by atoms with van der Waals surface area (Å²) in [6, 6.07) is -0.623. The fourth-order valence-corrected chi connectivity index (χ4v) is 4.33.